The van der Waals surface area contributed by atoms with Gasteiger partial charge in [0.1, 0.15) is 22.0 Å². The number of thioether (sulfide) groups is 1. The van der Waals surface area contributed by atoms with Gasteiger partial charge in [-0.1, -0.05) is 53.7 Å². The summed E-state index contributed by atoms with van der Waals surface area (Å²) in [4.78, 5) is 9.11. The molecule has 4 rings (SSSR count). The van der Waals surface area contributed by atoms with E-state index in [4.69, 9.17) is 16.0 Å². The summed E-state index contributed by atoms with van der Waals surface area (Å²) in [5.41, 5.74) is 3.53. The molecule has 0 aliphatic heterocycles. The molecule has 5 heteroatoms. The maximum atomic E-state index is 6.23. The Balaban J connectivity index is 1.79. The lowest BCUT2D eigenvalue weighted by molar-refractivity contribution is 0.652. The molecule has 0 saturated carbocycles. The second-order valence-electron chi connectivity index (χ2n) is 5.23. The topological polar surface area (TPSA) is 38.9 Å². The van der Waals surface area contributed by atoms with E-state index in [2.05, 4.69) is 9.97 Å². The van der Waals surface area contributed by atoms with Crippen molar-refractivity contribution < 1.29 is 4.42 Å². The van der Waals surface area contributed by atoms with Gasteiger partial charge in [0.2, 0.25) is 0 Å². The molecule has 2 aromatic carbocycles. The molecule has 0 atom stereocenters. The van der Waals surface area contributed by atoms with E-state index in [1.807, 2.05) is 55.5 Å². The van der Waals surface area contributed by atoms with Crippen molar-refractivity contribution in [3.63, 3.8) is 0 Å². The minimum Gasteiger partial charge on any atom is -0.451 e. The molecule has 4 aromatic rings. The number of benzene rings is 2. The number of para-hydroxylation sites is 1. The zero-order valence-corrected chi connectivity index (χ0v) is 14.0. The Kier molecular flexibility index (Phi) is 3.71. The number of aromatic nitrogens is 2. The molecular formula is C18H13ClN2OS. The summed E-state index contributed by atoms with van der Waals surface area (Å²) in [5, 5.41) is 2.64. The molecule has 2 aromatic heterocycles. The summed E-state index contributed by atoms with van der Waals surface area (Å²) in [6.07, 6.45) is 0. The highest BCUT2D eigenvalue weighted by atomic mass is 35.5. The summed E-state index contributed by atoms with van der Waals surface area (Å²) >= 11 is 7.85. The van der Waals surface area contributed by atoms with Crippen LogP contribution in [0.1, 0.15) is 11.4 Å². The zero-order chi connectivity index (χ0) is 15.8. The average molecular weight is 341 g/mol. The van der Waals surface area contributed by atoms with Crippen LogP contribution in [0.5, 0.6) is 0 Å². The molecule has 2 heterocycles. The van der Waals surface area contributed by atoms with Crippen LogP contribution in [-0.4, -0.2) is 9.97 Å². The Labute approximate surface area is 142 Å². The SMILES string of the molecule is Cc1nc(SCc2ccccc2Cl)c2oc3ccccc3c2n1. The third kappa shape index (κ3) is 2.69. The van der Waals surface area contributed by atoms with Crippen LogP contribution in [0, 0.1) is 6.92 Å². The molecule has 0 bridgehead atoms. The molecule has 0 aliphatic rings. The first-order valence-electron chi connectivity index (χ1n) is 7.24. The van der Waals surface area contributed by atoms with E-state index in [1.54, 1.807) is 11.8 Å². The maximum absolute atomic E-state index is 6.23. The van der Waals surface area contributed by atoms with Gasteiger partial charge in [-0.15, -0.1) is 0 Å². The van der Waals surface area contributed by atoms with Gasteiger partial charge in [-0.2, -0.15) is 0 Å². The fraction of sp³-hybridized carbons (Fsp3) is 0.111. The van der Waals surface area contributed by atoms with Crippen molar-refractivity contribution >= 4 is 45.4 Å². The van der Waals surface area contributed by atoms with Crippen LogP contribution in [0.3, 0.4) is 0 Å². The van der Waals surface area contributed by atoms with Crippen LogP contribution in [0.25, 0.3) is 22.1 Å². The van der Waals surface area contributed by atoms with E-state index in [1.165, 1.54) is 0 Å². The van der Waals surface area contributed by atoms with Gasteiger partial charge >= 0.3 is 0 Å². The van der Waals surface area contributed by atoms with Crippen LogP contribution in [0.15, 0.2) is 58.0 Å². The van der Waals surface area contributed by atoms with E-state index in [9.17, 15) is 0 Å². The minimum absolute atomic E-state index is 0.738. The van der Waals surface area contributed by atoms with Gasteiger partial charge in [-0.05, 0) is 30.7 Å². The van der Waals surface area contributed by atoms with Crippen LogP contribution >= 0.6 is 23.4 Å². The van der Waals surface area contributed by atoms with E-state index >= 15 is 0 Å². The number of hydrogen-bond acceptors (Lipinski definition) is 4. The van der Waals surface area contributed by atoms with Crippen LogP contribution in [-0.2, 0) is 5.75 Å². The number of fused-ring (bicyclic) bond motifs is 3. The van der Waals surface area contributed by atoms with Gasteiger partial charge < -0.3 is 4.42 Å². The van der Waals surface area contributed by atoms with Gasteiger partial charge in [0, 0.05) is 16.2 Å². The molecule has 0 unspecified atom stereocenters. The molecule has 0 saturated heterocycles. The summed E-state index contributed by atoms with van der Waals surface area (Å²) < 4.78 is 5.98. The fourth-order valence-electron chi connectivity index (χ4n) is 2.53. The molecule has 0 spiro atoms. The van der Waals surface area contributed by atoms with Crippen molar-refractivity contribution in [1.82, 2.24) is 9.97 Å². The smallest absolute Gasteiger partial charge is 0.186 e. The Morgan fingerprint density at radius 3 is 2.70 bits per heavy atom. The third-order valence-corrected chi connectivity index (χ3v) is 5.00. The molecule has 0 N–H and O–H groups in total. The number of rotatable bonds is 3. The van der Waals surface area contributed by atoms with Crippen molar-refractivity contribution in [2.45, 2.75) is 17.7 Å². The molecule has 3 nitrogen and oxygen atoms in total. The van der Waals surface area contributed by atoms with Crippen LogP contribution in [0.2, 0.25) is 5.02 Å². The maximum Gasteiger partial charge on any atom is 0.186 e. The van der Waals surface area contributed by atoms with Gasteiger partial charge in [0.05, 0.1) is 0 Å². The summed E-state index contributed by atoms with van der Waals surface area (Å²) in [6, 6.07) is 15.8. The lowest BCUT2D eigenvalue weighted by Crippen LogP contribution is -1.91. The van der Waals surface area contributed by atoms with Gasteiger partial charge in [0.25, 0.3) is 0 Å². The minimum atomic E-state index is 0.738. The van der Waals surface area contributed by atoms with Crippen molar-refractivity contribution in [2.24, 2.45) is 0 Å². The third-order valence-electron chi connectivity index (χ3n) is 3.62. The highest BCUT2D eigenvalue weighted by molar-refractivity contribution is 7.98. The average Bonchev–Trinajstić information content (AvgIpc) is 2.93. The van der Waals surface area contributed by atoms with E-state index in [0.717, 1.165) is 49.3 Å². The van der Waals surface area contributed by atoms with Crippen molar-refractivity contribution in [2.75, 3.05) is 0 Å². The highest BCUT2D eigenvalue weighted by Crippen LogP contribution is 2.35. The van der Waals surface area contributed by atoms with Crippen molar-refractivity contribution in [3.8, 4) is 0 Å². The standard InChI is InChI=1S/C18H13ClN2OS/c1-11-20-16-13-7-3-5-9-15(13)22-17(16)18(21-11)23-10-12-6-2-4-8-14(12)19/h2-9H,10H2,1H3. The zero-order valence-electron chi connectivity index (χ0n) is 12.4. The number of aryl methyl sites for hydroxylation is 1. The predicted molar refractivity (Wildman–Crippen MR) is 95.1 cm³/mol. The number of nitrogens with zero attached hydrogens (tertiary/aromatic N) is 2. The van der Waals surface area contributed by atoms with Crippen molar-refractivity contribution in [1.29, 1.82) is 0 Å². The lowest BCUT2D eigenvalue weighted by atomic mass is 10.2. The van der Waals surface area contributed by atoms with Crippen LogP contribution in [0.4, 0.5) is 0 Å². The molecule has 0 amide bonds. The molecule has 0 fully saturated rings. The number of halogens is 1. The first-order valence-corrected chi connectivity index (χ1v) is 8.61. The largest absolute Gasteiger partial charge is 0.451 e. The summed E-state index contributed by atoms with van der Waals surface area (Å²) in [6.45, 7) is 1.90. The lowest BCUT2D eigenvalue weighted by Gasteiger charge is -2.04. The molecular weight excluding hydrogens is 328 g/mol. The van der Waals surface area contributed by atoms with Gasteiger partial charge in [0.15, 0.2) is 5.58 Å². The Morgan fingerprint density at radius 1 is 1.04 bits per heavy atom. The highest BCUT2D eigenvalue weighted by Gasteiger charge is 2.15. The number of furan rings is 1. The molecule has 114 valence electrons. The quantitative estimate of drug-likeness (QED) is 0.358. The number of hydrogen-bond donors (Lipinski definition) is 0. The second kappa shape index (κ2) is 5.87. The normalized spacial score (nSPS) is 11.4. The first-order chi connectivity index (χ1) is 11.2. The second-order valence-corrected chi connectivity index (χ2v) is 6.60. The molecule has 0 radical (unpaired) electrons. The Morgan fingerprint density at radius 2 is 1.83 bits per heavy atom. The van der Waals surface area contributed by atoms with E-state index in [-0.39, 0.29) is 0 Å². The van der Waals surface area contributed by atoms with Gasteiger partial charge in [-0.25, -0.2) is 9.97 Å². The Bertz CT molecular complexity index is 1010. The van der Waals surface area contributed by atoms with Crippen LogP contribution < -0.4 is 0 Å². The van der Waals surface area contributed by atoms with Gasteiger partial charge in [-0.3, -0.25) is 0 Å². The Hall–Kier alpha value is -2.04. The predicted octanol–water partition coefficient (Wildman–Crippen LogP) is 5.63. The van der Waals surface area contributed by atoms with E-state index < -0.39 is 0 Å². The summed E-state index contributed by atoms with van der Waals surface area (Å²) in [7, 11) is 0. The summed E-state index contributed by atoms with van der Waals surface area (Å²) in [5.74, 6) is 1.48. The fourth-order valence-corrected chi connectivity index (χ4v) is 3.82. The van der Waals surface area contributed by atoms with Crippen molar-refractivity contribution in [3.05, 3.63) is 64.9 Å². The molecule has 0 aliphatic carbocycles. The monoisotopic (exact) mass is 340 g/mol. The molecule has 23 heavy (non-hydrogen) atoms. The first kappa shape index (κ1) is 14.5. The van der Waals surface area contributed by atoms with E-state index in [0.29, 0.717) is 0 Å².